The van der Waals surface area contributed by atoms with Crippen LogP contribution in [0.4, 0.5) is 0 Å². The van der Waals surface area contributed by atoms with Gasteiger partial charge in [-0.2, -0.15) is 0 Å². The zero-order chi connectivity index (χ0) is 15.5. The molecule has 0 aromatic rings. The summed E-state index contributed by atoms with van der Waals surface area (Å²) in [6, 6.07) is 0. The van der Waals surface area contributed by atoms with E-state index in [4.69, 9.17) is 10.9 Å². The monoisotopic (exact) mass is 297 g/mol. The van der Waals surface area contributed by atoms with E-state index in [-0.39, 0.29) is 17.8 Å². The van der Waals surface area contributed by atoms with Gasteiger partial charge in [0.25, 0.3) is 0 Å². The maximum Gasteiger partial charge on any atom is 0.236 e. The lowest BCUT2D eigenvalue weighted by molar-refractivity contribution is -0.139. The molecule has 2 aliphatic carbocycles. The van der Waals surface area contributed by atoms with Crippen LogP contribution in [0, 0.1) is 11.3 Å². The first kappa shape index (κ1) is 16.1. The topological polar surface area (TPSA) is 99.2 Å². The van der Waals surface area contributed by atoms with E-state index in [1.165, 1.54) is 0 Å². The Kier molecular flexibility index (Phi) is 5.08. The van der Waals surface area contributed by atoms with Crippen molar-refractivity contribution in [2.45, 2.75) is 57.5 Å². The standard InChI is InChI=1S/C15H27N3O3/c1-18(10-11-8-12(19)9-11)14(20)15(13(16)17-21)6-4-2-3-5-7-15/h11-12,19,21H,2-10H2,1H3,(H2,16,17). The molecule has 2 fully saturated rings. The third-order valence-corrected chi connectivity index (χ3v) is 5.05. The van der Waals surface area contributed by atoms with E-state index in [0.717, 1.165) is 38.5 Å². The van der Waals surface area contributed by atoms with E-state index in [0.29, 0.717) is 25.3 Å². The van der Waals surface area contributed by atoms with Crippen molar-refractivity contribution in [3.8, 4) is 0 Å². The summed E-state index contributed by atoms with van der Waals surface area (Å²) in [7, 11) is 1.78. The zero-order valence-electron chi connectivity index (χ0n) is 12.8. The number of amides is 1. The fourth-order valence-corrected chi connectivity index (χ4v) is 3.69. The SMILES string of the molecule is CN(CC1CC(O)C1)C(=O)C1(C(N)=NO)CCCCCC1. The number of carbonyl (C=O) groups excluding carboxylic acids is 1. The number of hydrogen-bond acceptors (Lipinski definition) is 4. The average molecular weight is 297 g/mol. The van der Waals surface area contributed by atoms with E-state index in [9.17, 15) is 9.90 Å². The Balaban J connectivity index is 2.09. The zero-order valence-corrected chi connectivity index (χ0v) is 12.8. The molecule has 0 aromatic carbocycles. The number of carbonyl (C=O) groups is 1. The number of amidine groups is 1. The van der Waals surface area contributed by atoms with Gasteiger partial charge in [-0.05, 0) is 31.6 Å². The van der Waals surface area contributed by atoms with Gasteiger partial charge in [0.05, 0.1) is 6.10 Å². The number of nitrogens with zero attached hydrogens (tertiary/aromatic N) is 2. The van der Waals surface area contributed by atoms with Crippen LogP contribution in [0.3, 0.4) is 0 Å². The summed E-state index contributed by atoms with van der Waals surface area (Å²) in [5.74, 6) is 0.375. The highest BCUT2D eigenvalue weighted by Gasteiger charge is 2.45. The Hall–Kier alpha value is -1.30. The molecule has 0 heterocycles. The first-order chi connectivity index (χ1) is 9.99. The molecule has 2 saturated carbocycles. The van der Waals surface area contributed by atoms with Crippen LogP contribution in [-0.2, 0) is 4.79 Å². The quantitative estimate of drug-likeness (QED) is 0.239. The van der Waals surface area contributed by atoms with Crippen molar-refractivity contribution in [2.75, 3.05) is 13.6 Å². The molecule has 2 rings (SSSR count). The van der Waals surface area contributed by atoms with Gasteiger partial charge in [-0.15, -0.1) is 0 Å². The second kappa shape index (κ2) is 6.64. The molecule has 0 atom stereocenters. The fraction of sp³-hybridized carbons (Fsp3) is 0.867. The minimum atomic E-state index is -0.845. The first-order valence-corrected chi connectivity index (χ1v) is 7.91. The third-order valence-electron chi connectivity index (χ3n) is 5.05. The summed E-state index contributed by atoms with van der Waals surface area (Å²) < 4.78 is 0. The Morgan fingerprint density at radius 3 is 2.33 bits per heavy atom. The lowest BCUT2D eigenvalue weighted by Gasteiger charge is -2.38. The van der Waals surface area contributed by atoms with Crippen LogP contribution in [-0.4, -0.2) is 46.7 Å². The molecule has 21 heavy (non-hydrogen) atoms. The van der Waals surface area contributed by atoms with Crippen molar-refractivity contribution in [3.63, 3.8) is 0 Å². The van der Waals surface area contributed by atoms with Crippen LogP contribution < -0.4 is 5.73 Å². The summed E-state index contributed by atoms with van der Waals surface area (Å²) in [5.41, 5.74) is 5.06. The molecule has 2 aliphatic rings. The lowest BCUT2D eigenvalue weighted by Crippen LogP contribution is -2.52. The molecule has 120 valence electrons. The van der Waals surface area contributed by atoms with Gasteiger partial charge in [0.1, 0.15) is 5.41 Å². The van der Waals surface area contributed by atoms with Crippen molar-refractivity contribution in [2.24, 2.45) is 22.2 Å². The molecule has 6 nitrogen and oxygen atoms in total. The molecule has 0 unspecified atom stereocenters. The molecular formula is C15H27N3O3. The minimum absolute atomic E-state index is 0.0407. The van der Waals surface area contributed by atoms with Gasteiger partial charge in [-0.25, -0.2) is 0 Å². The highest BCUT2D eigenvalue weighted by Crippen LogP contribution is 2.38. The van der Waals surface area contributed by atoms with Gasteiger partial charge in [0.2, 0.25) is 5.91 Å². The van der Waals surface area contributed by atoms with Gasteiger partial charge in [-0.3, -0.25) is 4.79 Å². The number of nitrogens with two attached hydrogens (primary N) is 1. The summed E-state index contributed by atoms with van der Waals surface area (Å²) >= 11 is 0. The second-order valence-electron chi connectivity index (χ2n) is 6.66. The molecule has 0 aromatic heterocycles. The molecular weight excluding hydrogens is 270 g/mol. The van der Waals surface area contributed by atoms with Crippen LogP contribution in [0.5, 0.6) is 0 Å². The highest BCUT2D eigenvalue weighted by atomic mass is 16.4. The summed E-state index contributed by atoms with van der Waals surface area (Å²) in [6.45, 7) is 0.635. The summed E-state index contributed by atoms with van der Waals surface area (Å²) in [4.78, 5) is 14.6. The van der Waals surface area contributed by atoms with E-state index < -0.39 is 5.41 Å². The van der Waals surface area contributed by atoms with E-state index in [2.05, 4.69) is 5.16 Å². The molecule has 6 heteroatoms. The number of aliphatic hydroxyl groups excluding tert-OH is 1. The Morgan fingerprint density at radius 2 is 1.86 bits per heavy atom. The van der Waals surface area contributed by atoms with Crippen LogP contribution in [0.1, 0.15) is 51.4 Å². The first-order valence-electron chi connectivity index (χ1n) is 7.91. The van der Waals surface area contributed by atoms with Crippen molar-refractivity contribution in [1.29, 1.82) is 0 Å². The van der Waals surface area contributed by atoms with Crippen LogP contribution in [0.15, 0.2) is 5.16 Å². The van der Waals surface area contributed by atoms with E-state index in [1.54, 1.807) is 11.9 Å². The van der Waals surface area contributed by atoms with Gasteiger partial charge >= 0.3 is 0 Å². The second-order valence-corrected chi connectivity index (χ2v) is 6.66. The van der Waals surface area contributed by atoms with E-state index in [1.807, 2.05) is 0 Å². The predicted molar refractivity (Wildman–Crippen MR) is 79.9 cm³/mol. The Bertz CT molecular complexity index is 397. The largest absolute Gasteiger partial charge is 0.409 e. The van der Waals surface area contributed by atoms with Crippen LogP contribution >= 0.6 is 0 Å². The van der Waals surface area contributed by atoms with Gasteiger partial charge < -0.3 is 20.9 Å². The highest BCUT2D eigenvalue weighted by molar-refractivity contribution is 6.06. The number of hydrogen-bond donors (Lipinski definition) is 3. The number of oxime groups is 1. The van der Waals surface area contributed by atoms with Crippen molar-refractivity contribution >= 4 is 11.7 Å². The van der Waals surface area contributed by atoms with E-state index >= 15 is 0 Å². The smallest absolute Gasteiger partial charge is 0.236 e. The number of rotatable bonds is 4. The Morgan fingerprint density at radius 1 is 1.29 bits per heavy atom. The number of aliphatic hydroxyl groups is 1. The molecule has 0 radical (unpaired) electrons. The minimum Gasteiger partial charge on any atom is -0.409 e. The van der Waals surface area contributed by atoms with Gasteiger partial charge in [-0.1, -0.05) is 30.8 Å². The third kappa shape index (κ3) is 3.31. The maximum absolute atomic E-state index is 12.9. The fourth-order valence-electron chi connectivity index (χ4n) is 3.69. The Labute approximate surface area is 126 Å². The van der Waals surface area contributed by atoms with Gasteiger partial charge in [0.15, 0.2) is 5.84 Å². The van der Waals surface area contributed by atoms with Crippen molar-refractivity contribution in [1.82, 2.24) is 4.90 Å². The summed E-state index contributed by atoms with van der Waals surface area (Å²) in [5, 5.41) is 21.6. The lowest BCUT2D eigenvalue weighted by atomic mass is 9.77. The molecule has 0 aliphatic heterocycles. The molecule has 0 bridgehead atoms. The maximum atomic E-state index is 12.9. The van der Waals surface area contributed by atoms with Crippen LogP contribution in [0.25, 0.3) is 0 Å². The average Bonchev–Trinajstić information content (AvgIpc) is 2.70. The van der Waals surface area contributed by atoms with Crippen molar-refractivity contribution in [3.05, 3.63) is 0 Å². The molecule has 0 spiro atoms. The normalized spacial score (nSPS) is 29.3. The molecule has 4 N–H and O–H groups in total. The molecule has 1 amide bonds. The van der Waals surface area contributed by atoms with Crippen molar-refractivity contribution < 1.29 is 15.1 Å². The summed E-state index contributed by atoms with van der Waals surface area (Å²) in [6.07, 6.45) is 6.64. The van der Waals surface area contributed by atoms with Crippen LogP contribution in [0.2, 0.25) is 0 Å². The predicted octanol–water partition coefficient (Wildman–Crippen LogP) is 1.30. The molecule has 0 saturated heterocycles. The van der Waals surface area contributed by atoms with Gasteiger partial charge in [0, 0.05) is 13.6 Å².